The normalized spacial score (nSPS) is 14.9. The van der Waals surface area contributed by atoms with E-state index >= 15 is 0 Å². The lowest BCUT2D eigenvalue weighted by Gasteiger charge is -2.27. The van der Waals surface area contributed by atoms with Crippen molar-refractivity contribution in [2.24, 2.45) is 0 Å². The number of aryl methyl sites for hydroxylation is 1. The summed E-state index contributed by atoms with van der Waals surface area (Å²) < 4.78 is 28.7. The molecule has 0 spiro atoms. The molecule has 3 aromatic rings. The molecule has 0 bridgehead atoms. The van der Waals surface area contributed by atoms with Gasteiger partial charge >= 0.3 is 0 Å². The third-order valence-corrected chi connectivity index (χ3v) is 5.60. The highest BCUT2D eigenvalue weighted by atomic mass is 32.2. The van der Waals surface area contributed by atoms with Crippen LogP contribution in [0, 0.1) is 6.92 Å². The van der Waals surface area contributed by atoms with Crippen LogP contribution in [0.25, 0.3) is 11.3 Å². The Kier molecular flexibility index (Phi) is 4.53. The Morgan fingerprint density at radius 1 is 1.22 bits per heavy atom. The molecular formula is C19H20N4O3S. The quantitative estimate of drug-likeness (QED) is 0.638. The van der Waals surface area contributed by atoms with E-state index in [0.29, 0.717) is 19.5 Å². The number of fused-ring (bicyclic) bond motifs is 1. The minimum absolute atomic E-state index is 0.101. The molecule has 7 nitrogen and oxygen atoms in total. The summed E-state index contributed by atoms with van der Waals surface area (Å²) in [5.74, 6) is 0.809. The lowest BCUT2D eigenvalue weighted by Crippen LogP contribution is -2.31. The minimum atomic E-state index is -3.39. The van der Waals surface area contributed by atoms with Gasteiger partial charge < -0.3 is 4.52 Å². The second-order valence-corrected chi connectivity index (χ2v) is 8.70. The summed E-state index contributed by atoms with van der Waals surface area (Å²) in [5, 5.41) is 4.14. The van der Waals surface area contributed by atoms with Gasteiger partial charge in [0.15, 0.2) is 0 Å². The van der Waals surface area contributed by atoms with Gasteiger partial charge in [0.05, 0.1) is 5.69 Å². The molecule has 1 aliphatic rings. The lowest BCUT2D eigenvalue weighted by molar-refractivity contribution is 0.240. The SMILES string of the molecule is Cc1onc(-c2ccccc2)c1CN1CCc2nc(S(C)(=O)=O)ncc2C1. The largest absolute Gasteiger partial charge is 0.361 e. The molecule has 140 valence electrons. The Morgan fingerprint density at radius 3 is 2.74 bits per heavy atom. The number of rotatable bonds is 4. The first-order chi connectivity index (χ1) is 12.9. The van der Waals surface area contributed by atoms with Crippen LogP contribution in [0.15, 0.2) is 46.2 Å². The van der Waals surface area contributed by atoms with Crippen molar-refractivity contribution in [2.75, 3.05) is 12.8 Å². The highest BCUT2D eigenvalue weighted by molar-refractivity contribution is 7.90. The van der Waals surface area contributed by atoms with Crippen LogP contribution >= 0.6 is 0 Å². The Bertz CT molecular complexity index is 1080. The van der Waals surface area contributed by atoms with E-state index in [2.05, 4.69) is 20.0 Å². The molecule has 4 rings (SSSR count). The van der Waals surface area contributed by atoms with Crippen molar-refractivity contribution in [3.8, 4) is 11.3 Å². The smallest absolute Gasteiger partial charge is 0.246 e. The molecule has 0 saturated heterocycles. The molecule has 0 saturated carbocycles. The third kappa shape index (κ3) is 3.63. The zero-order chi connectivity index (χ0) is 19.0. The number of sulfone groups is 1. The van der Waals surface area contributed by atoms with Crippen molar-refractivity contribution in [3.63, 3.8) is 0 Å². The molecule has 0 N–H and O–H groups in total. The van der Waals surface area contributed by atoms with Crippen LogP contribution in [0.2, 0.25) is 0 Å². The predicted octanol–water partition coefficient (Wildman–Crippen LogP) is 2.40. The highest BCUT2D eigenvalue weighted by Gasteiger charge is 2.24. The van der Waals surface area contributed by atoms with Gasteiger partial charge in [0.25, 0.3) is 0 Å². The van der Waals surface area contributed by atoms with Gasteiger partial charge in [-0.25, -0.2) is 18.4 Å². The van der Waals surface area contributed by atoms with E-state index in [1.54, 1.807) is 6.20 Å². The maximum atomic E-state index is 11.7. The second kappa shape index (κ2) is 6.86. The lowest BCUT2D eigenvalue weighted by atomic mass is 10.0. The van der Waals surface area contributed by atoms with E-state index < -0.39 is 9.84 Å². The molecule has 27 heavy (non-hydrogen) atoms. The number of benzene rings is 1. The maximum absolute atomic E-state index is 11.7. The molecule has 0 aliphatic carbocycles. The van der Waals surface area contributed by atoms with Crippen molar-refractivity contribution in [2.45, 2.75) is 31.6 Å². The number of hydrogen-bond donors (Lipinski definition) is 0. The molecule has 0 atom stereocenters. The highest BCUT2D eigenvalue weighted by Crippen LogP contribution is 2.28. The first kappa shape index (κ1) is 17.8. The van der Waals surface area contributed by atoms with Gasteiger partial charge in [0, 0.05) is 55.2 Å². The van der Waals surface area contributed by atoms with Crippen molar-refractivity contribution in [1.82, 2.24) is 20.0 Å². The van der Waals surface area contributed by atoms with Crippen molar-refractivity contribution in [3.05, 3.63) is 59.1 Å². The summed E-state index contributed by atoms with van der Waals surface area (Å²) in [7, 11) is -3.39. The zero-order valence-corrected chi connectivity index (χ0v) is 16.0. The van der Waals surface area contributed by atoms with Crippen LogP contribution in [0.4, 0.5) is 0 Å². The number of aromatic nitrogens is 3. The van der Waals surface area contributed by atoms with Gasteiger partial charge in [-0.05, 0) is 6.92 Å². The summed E-state index contributed by atoms with van der Waals surface area (Å²) in [6.07, 6.45) is 3.44. The van der Waals surface area contributed by atoms with Crippen LogP contribution in [0.1, 0.15) is 22.6 Å². The zero-order valence-electron chi connectivity index (χ0n) is 15.2. The van der Waals surface area contributed by atoms with Crippen molar-refractivity contribution < 1.29 is 12.9 Å². The van der Waals surface area contributed by atoms with Crippen LogP contribution in [0.3, 0.4) is 0 Å². The first-order valence-corrected chi connectivity index (χ1v) is 10.6. The number of hydrogen-bond acceptors (Lipinski definition) is 7. The molecule has 8 heteroatoms. The molecule has 0 radical (unpaired) electrons. The number of nitrogens with zero attached hydrogens (tertiary/aromatic N) is 4. The van der Waals surface area contributed by atoms with Gasteiger partial charge in [-0.3, -0.25) is 4.90 Å². The molecule has 0 unspecified atom stereocenters. The fraction of sp³-hybridized carbons (Fsp3) is 0.316. The molecular weight excluding hydrogens is 364 g/mol. The summed E-state index contributed by atoms with van der Waals surface area (Å²) in [5.41, 5.74) is 4.74. The van der Waals surface area contributed by atoms with Gasteiger partial charge in [0.2, 0.25) is 15.0 Å². The van der Waals surface area contributed by atoms with E-state index in [0.717, 1.165) is 46.6 Å². The molecule has 0 amide bonds. The average Bonchev–Trinajstić information content (AvgIpc) is 3.02. The molecule has 1 aromatic carbocycles. The van der Waals surface area contributed by atoms with E-state index in [4.69, 9.17) is 4.52 Å². The van der Waals surface area contributed by atoms with Crippen molar-refractivity contribution >= 4 is 9.84 Å². The summed E-state index contributed by atoms with van der Waals surface area (Å²) >= 11 is 0. The van der Waals surface area contributed by atoms with E-state index in [1.165, 1.54) is 0 Å². The fourth-order valence-corrected chi connectivity index (χ4v) is 3.81. The van der Waals surface area contributed by atoms with Crippen LogP contribution in [0.5, 0.6) is 0 Å². The Labute approximate surface area is 158 Å². The van der Waals surface area contributed by atoms with Gasteiger partial charge in [-0.2, -0.15) is 0 Å². The summed E-state index contributed by atoms with van der Waals surface area (Å²) in [6, 6.07) is 9.98. The van der Waals surface area contributed by atoms with Crippen molar-refractivity contribution in [1.29, 1.82) is 0 Å². The van der Waals surface area contributed by atoms with E-state index in [9.17, 15) is 8.42 Å². The molecule has 2 aromatic heterocycles. The van der Waals surface area contributed by atoms with Gasteiger partial charge in [0.1, 0.15) is 11.5 Å². The van der Waals surface area contributed by atoms with Crippen LogP contribution < -0.4 is 0 Å². The van der Waals surface area contributed by atoms with Gasteiger partial charge in [-0.1, -0.05) is 35.5 Å². The maximum Gasteiger partial charge on any atom is 0.246 e. The topological polar surface area (TPSA) is 89.2 Å². The van der Waals surface area contributed by atoms with Crippen LogP contribution in [-0.2, 0) is 29.3 Å². The standard InChI is InChI=1S/C19H20N4O3S/c1-13-16(18(22-26-13)14-6-4-3-5-7-14)12-23-9-8-17-15(11-23)10-20-19(21-17)27(2,24)25/h3-7,10H,8-9,11-12H2,1-2H3. The first-order valence-electron chi connectivity index (χ1n) is 8.69. The second-order valence-electron chi connectivity index (χ2n) is 6.79. The minimum Gasteiger partial charge on any atom is -0.361 e. The Balaban J connectivity index is 1.57. The predicted molar refractivity (Wildman–Crippen MR) is 99.6 cm³/mol. The third-order valence-electron chi connectivity index (χ3n) is 4.74. The van der Waals surface area contributed by atoms with Gasteiger partial charge in [-0.15, -0.1) is 0 Å². The fourth-order valence-electron chi connectivity index (χ4n) is 3.29. The summed E-state index contributed by atoms with van der Waals surface area (Å²) in [6.45, 7) is 4.07. The molecule has 0 fully saturated rings. The Hall–Kier alpha value is -2.58. The Morgan fingerprint density at radius 2 is 2.00 bits per heavy atom. The molecule has 3 heterocycles. The van der Waals surface area contributed by atoms with E-state index in [1.807, 2.05) is 37.3 Å². The average molecular weight is 384 g/mol. The van der Waals surface area contributed by atoms with Crippen LogP contribution in [-0.4, -0.2) is 41.2 Å². The molecule has 1 aliphatic heterocycles. The van der Waals surface area contributed by atoms with E-state index in [-0.39, 0.29) is 5.16 Å². The summed E-state index contributed by atoms with van der Waals surface area (Å²) in [4.78, 5) is 10.5. The monoisotopic (exact) mass is 384 g/mol.